The largest absolute Gasteiger partial charge is 0.369 e. The van der Waals surface area contributed by atoms with Crippen LogP contribution in [-0.2, 0) is 16.0 Å². The second-order valence-electron chi connectivity index (χ2n) is 8.96. The molecule has 1 aliphatic heterocycles. The number of pyridine rings is 1. The number of carbonyl (C=O) groups is 2. The summed E-state index contributed by atoms with van der Waals surface area (Å²) in [6.07, 6.45) is 11.2. The number of rotatable bonds is 5. The Morgan fingerprint density at radius 2 is 1.80 bits per heavy atom. The van der Waals surface area contributed by atoms with Crippen molar-refractivity contribution in [1.29, 1.82) is 0 Å². The van der Waals surface area contributed by atoms with Crippen molar-refractivity contribution in [2.75, 3.05) is 13.1 Å². The van der Waals surface area contributed by atoms with Crippen LogP contribution in [0.1, 0.15) is 50.5 Å². The Balaban J connectivity index is 1.49. The highest BCUT2D eigenvalue weighted by atomic mass is 16.2. The van der Waals surface area contributed by atoms with Crippen LogP contribution in [0.2, 0.25) is 0 Å². The summed E-state index contributed by atoms with van der Waals surface area (Å²) in [5.74, 6) is 0.0631. The third-order valence-corrected chi connectivity index (χ3v) is 6.86. The zero-order valence-electron chi connectivity index (χ0n) is 17.6. The van der Waals surface area contributed by atoms with Crippen molar-refractivity contribution in [3.8, 4) is 11.1 Å². The van der Waals surface area contributed by atoms with Crippen LogP contribution in [0.3, 0.4) is 0 Å². The number of carbonyl (C=O) groups excluding carboxylic acids is 2. The van der Waals surface area contributed by atoms with E-state index in [2.05, 4.69) is 29.2 Å². The number of hydrogen-bond acceptors (Lipinski definition) is 3. The second kappa shape index (κ2) is 8.99. The minimum absolute atomic E-state index is 0.126. The van der Waals surface area contributed by atoms with Gasteiger partial charge in [-0.2, -0.15) is 0 Å². The van der Waals surface area contributed by atoms with E-state index >= 15 is 0 Å². The van der Waals surface area contributed by atoms with Gasteiger partial charge in [-0.1, -0.05) is 49.6 Å². The maximum atomic E-state index is 13.1. The Kier molecular flexibility index (Phi) is 6.16. The minimum Gasteiger partial charge on any atom is -0.369 e. The molecule has 1 aromatic heterocycles. The minimum atomic E-state index is -0.682. The molecule has 2 amide bonds. The molecule has 30 heavy (non-hydrogen) atoms. The van der Waals surface area contributed by atoms with E-state index in [1.807, 2.05) is 23.2 Å². The fourth-order valence-corrected chi connectivity index (χ4v) is 5.10. The molecule has 2 aromatic rings. The Morgan fingerprint density at radius 1 is 1.03 bits per heavy atom. The van der Waals surface area contributed by atoms with Crippen molar-refractivity contribution in [2.24, 2.45) is 17.1 Å². The van der Waals surface area contributed by atoms with Gasteiger partial charge >= 0.3 is 0 Å². The van der Waals surface area contributed by atoms with E-state index in [9.17, 15) is 9.59 Å². The summed E-state index contributed by atoms with van der Waals surface area (Å²) in [5.41, 5.74) is 8.48. The highest BCUT2D eigenvalue weighted by Crippen LogP contribution is 2.36. The summed E-state index contributed by atoms with van der Waals surface area (Å²) in [6.45, 7) is 1.19. The van der Waals surface area contributed by atoms with Gasteiger partial charge in [0.15, 0.2) is 0 Å². The molecule has 1 aliphatic carbocycles. The average molecular weight is 406 g/mol. The van der Waals surface area contributed by atoms with Gasteiger partial charge < -0.3 is 10.6 Å². The van der Waals surface area contributed by atoms with Crippen LogP contribution in [0, 0.1) is 11.3 Å². The molecule has 1 atom stereocenters. The number of benzene rings is 1. The summed E-state index contributed by atoms with van der Waals surface area (Å²) < 4.78 is 0. The summed E-state index contributed by atoms with van der Waals surface area (Å²) in [7, 11) is 0. The van der Waals surface area contributed by atoms with Crippen LogP contribution in [0.5, 0.6) is 0 Å². The number of nitrogens with two attached hydrogens (primary N) is 1. The Labute approximate surface area is 178 Å². The monoisotopic (exact) mass is 405 g/mol. The molecule has 1 saturated heterocycles. The normalized spacial score (nSPS) is 22.6. The molecule has 2 heterocycles. The first-order chi connectivity index (χ1) is 14.6. The first-order valence-corrected chi connectivity index (χ1v) is 11.2. The lowest BCUT2D eigenvalue weighted by Gasteiger charge is -2.42. The van der Waals surface area contributed by atoms with E-state index in [1.54, 1.807) is 6.20 Å². The van der Waals surface area contributed by atoms with Crippen molar-refractivity contribution >= 4 is 11.8 Å². The second-order valence-corrected chi connectivity index (χ2v) is 8.96. The molecule has 0 bridgehead atoms. The van der Waals surface area contributed by atoms with Gasteiger partial charge in [-0.3, -0.25) is 14.6 Å². The summed E-state index contributed by atoms with van der Waals surface area (Å²) in [5, 5.41) is 0. The highest BCUT2D eigenvalue weighted by molar-refractivity contribution is 5.84. The predicted octanol–water partition coefficient (Wildman–Crippen LogP) is 3.97. The molecule has 4 rings (SSSR count). The van der Waals surface area contributed by atoms with Crippen molar-refractivity contribution in [3.05, 3.63) is 54.4 Å². The van der Waals surface area contributed by atoms with Gasteiger partial charge in [-0.05, 0) is 54.9 Å². The Bertz CT molecular complexity index is 875. The molecule has 5 heteroatoms. The molecule has 158 valence electrons. The molecule has 0 unspecified atom stereocenters. The van der Waals surface area contributed by atoms with Crippen LogP contribution in [0.25, 0.3) is 11.1 Å². The van der Waals surface area contributed by atoms with Crippen molar-refractivity contribution in [2.45, 2.75) is 51.4 Å². The Morgan fingerprint density at radius 3 is 2.47 bits per heavy atom. The van der Waals surface area contributed by atoms with E-state index in [0.29, 0.717) is 13.0 Å². The van der Waals surface area contributed by atoms with Gasteiger partial charge in [0.1, 0.15) is 0 Å². The number of hydrogen-bond donors (Lipinski definition) is 1. The van der Waals surface area contributed by atoms with Gasteiger partial charge in [0.05, 0.1) is 5.41 Å². The molecular formula is C25H31N3O2. The zero-order valence-corrected chi connectivity index (χ0v) is 17.6. The van der Waals surface area contributed by atoms with Crippen LogP contribution >= 0.6 is 0 Å². The van der Waals surface area contributed by atoms with Crippen molar-refractivity contribution < 1.29 is 9.59 Å². The van der Waals surface area contributed by atoms with E-state index in [-0.39, 0.29) is 17.7 Å². The Hall–Kier alpha value is -2.69. The molecule has 1 saturated carbocycles. The fourth-order valence-electron chi connectivity index (χ4n) is 5.10. The van der Waals surface area contributed by atoms with Crippen LogP contribution in [0.4, 0.5) is 0 Å². The smallest absolute Gasteiger partial charge is 0.225 e. The van der Waals surface area contributed by atoms with Crippen molar-refractivity contribution in [3.63, 3.8) is 0 Å². The van der Waals surface area contributed by atoms with E-state index in [4.69, 9.17) is 5.73 Å². The standard InChI is InChI=1S/C25H31N3O2/c26-24(30)25(13-5-15-28(18-25)23(29)21-6-2-1-3-7-21)16-19-9-11-20(12-10-19)22-8-4-14-27-17-22/h4,8-12,14,17,21H,1-3,5-7,13,15-16,18H2,(H2,26,30)/t25-/m1/s1. The summed E-state index contributed by atoms with van der Waals surface area (Å²) in [6, 6.07) is 12.2. The van der Waals surface area contributed by atoms with Crippen LogP contribution in [0.15, 0.2) is 48.8 Å². The molecule has 1 aromatic carbocycles. The highest BCUT2D eigenvalue weighted by Gasteiger charge is 2.43. The molecule has 0 radical (unpaired) electrons. The van der Waals surface area contributed by atoms with Crippen LogP contribution in [-0.4, -0.2) is 34.8 Å². The fraction of sp³-hybridized carbons (Fsp3) is 0.480. The lowest BCUT2D eigenvalue weighted by molar-refractivity contribution is -0.143. The zero-order chi connectivity index (χ0) is 21.0. The summed E-state index contributed by atoms with van der Waals surface area (Å²) >= 11 is 0. The first kappa shape index (κ1) is 20.6. The lowest BCUT2D eigenvalue weighted by Crippen LogP contribution is -2.54. The quantitative estimate of drug-likeness (QED) is 0.818. The third-order valence-electron chi connectivity index (χ3n) is 6.86. The van der Waals surface area contributed by atoms with E-state index < -0.39 is 5.41 Å². The molecule has 0 spiro atoms. The number of nitrogens with zero attached hydrogens (tertiary/aromatic N) is 2. The summed E-state index contributed by atoms with van der Waals surface area (Å²) in [4.78, 5) is 31.8. The molecule has 2 fully saturated rings. The molecule has 2 N–H and O–H groups in total. The predicted molar refractivity (Wildman–Crippen MR) is 117 cm³/mol. The molecule has 5 nitrogen and oxygen atoms in total. The van der Waals surface area contributed by atoms with Crippen LogP contribution < -0.4 is 5.73 Å². The first-order valence-electron chi connectivity index (χ1n) is 11.2. The van der Waals surface area contributed by atoms with Gasteiger partial charge in [-0.15, -0.1) is 0 Å². The number of aromatic nitrogens is 1. The number of amides is 2. The van der Waals surface area contributed by atoms with Gasteiger partial charge in [0.2, 0.25) is 11.8 Å². The van der Waals surface area contributed by atoms with Gasteiger partial charge in [0.25, 0.3) is 0 Å². The van der Waals surface area contributed by atoms with Gasteiger partial charge in [0, 0.05) is 31.4 Å². The number of piperidine rings is 1. The van der Waals surface area contributed by atoms with E-state index in [1.165, 1.54) is 6.42 Å². The number of likely N-dealkylation sites (tertiary alicyclic amines) is 1. The average Bonchev–Trinajstić information content (AvgIpc) is 2.80. The maximum absolute atomic E-state index is 13.1. The third kappa shape index (κ3) is 4.40. The van der Waals surface area contributed by atoms with Gasteiger partial charge in [-0.25, -0.2) is 0 Å². The van der Waals surface area contributed by atoms with E-state index in [0.717, 1.165) is 61.8 Å². The molecular weight excluding hydrogens is 374 g/mol. The maximum Gasteiger partial charge on any atom is 0.225 e. The number of primary amides is 1. The SMILES string of the molecule is NC(=O)[C@@]1(Cc2ccc(-c3cccnc3)cc2)CCCN(C(=O)C2CCCCC2)C1. The van der Waals surface area contributed by atoms with Crippen molar-refractivity contribution in [1.82, 2.24) is 9.88 Å². The molecule has 2 aliphatic rings. The topological polar surface area (TPSA) is 76.3 Å². The lowest BCUT2D eigenvalue weighted by atomic mass is 9.74.